The molecule has 1 amide bonds. The Morgan fingerprint density at radius 2 is 1.82 bits per heavy atom. The number of nitrogens with one attached hydrogen (secondary N) is 1. The van der Waals surface area contributed by atoms with Crippen molar-refractivity contribution in [1.29, 1.82) is 0 Å². The van der Waals surface area contributed by atoms with E-state index in [1.54, 1.807) is 19.3 Å². The van der Waals surface area contributed by atoms with E-state index in [9.17, 15) is 9.70 Å². The fourth-order valence-corrected chi connectivity index (χ4v) is 0.174. The zero-order valence-electron chi connectivity index (χ0n) is 7.55. The molecule has 0 aromatic heterocycles. The van der Waals surface area contributed by atoms with E-state index in [0.29, 0.717) is 0 Å². The molecule has 11 heavy (non-hydrogen) atoms. The molecule has 0 radical (unpaired) electrons. The number of carbonyl (C=O) groups excluding carboxylic acids is 1. The van der Waals surface area contributed by atoms with Gasteiger partial charge in [-0.1, -0.05) is 34.1 Å². The van der Waals surface area contributed by atoms with Crippen LogP contribution >= 0.6 is 0 Å². The summed E-state index contributed by atoms with van der Waals surface area (Å²) in [5, 5.41) is 2.21. The van der Waals surface area contributed by atoms with E-state index in [1.807, 2.05) is 0 Å². The van der Waals surface area contributed by atoms with Gasteiger partial charge in [0.2, 0.25) is 5.91 Å². The van der Waals surface area contributed by atoms with Gasteiger partial charge in [-0.25, -0.2) is 5.43 Å². The monoisotopic (exact) mass is 160 g/mol. The van der Waals surface area contributed by atoms with Crippen molar-refractivity contribution >= 4 is 5.91 Å². The highest BCUT2D eigenvalue weighted by Gasteiger charge is 2.03. The van der Waals surface area contributed by atoms with E-state index in [-0.39, 0.29) is 11.8 Å². The lowest BCUT2D eigenvalue weighted by molar-refractivity contribution is -0.123. The van der Waals surface area contributed by atoms with Crippen molar-refractivity contribution in [3.63, 3.8) is 0 Å². The lowest BCUT2D eigenvalue weighted by Crippen LogP contribution is -2.21. The molecular weight excluding hydrogens is 144 g/mol. The summed E-state index contributed by atoms with van der Waals surface area (Å²) in [6, 6.07) is 0. The Kier molecular flexibility index (Phi) is 10.5. The standard InChI is InChI=1S/C4H8N2O2.C3H8/c1-3(2)4(7)5-6-8;1-3-2/h3H,1-2H3,(H,5,7,8);3H2,1-2H3. The largest absolute Gasteiger partial charge is 0.273 e. The molecule has 0 saturated heterocycles. The molecule has 0 spiro atoms. The number of carbonyl (C=O) groups is 1. The van der Waals surface area contributed by atoms with E-state index in [1.165, 1.54) is 6.42 Å². The summed E-state index contributed by atoms with van der Waals surface area (Å²) < 4.78 is 0. The summed E-state index contributed by atoms with van der Waals surface area (Å²) in [5.74, 6) is -0.521. The van der Waals surface area contributed by atoms with Crippen molar-refractivity contribution in [3.8, 4) is 0 Å². The van der Waals surface area contributed by atoms with Crippen LogP contribution < -0.4 is 5.43 Å². The van der Waals surface area contributed by atoms with Crippen molar-refractivity contribution in [2.24, 2.45) is 11.2 Å². The van der Waals surface area contributed by atoms with Crippen LogP contribution in [0.15, 0.2) is 5.29 Å². The summed E-state index contributed by atoms with van der Waals surface area (Å²) in [6.07, 6.45) is 1.25. The third-order valence-electron chi connectivity index (χ3n) is 0.680. The molecule has 0 heterocycles. The van der Waals surface area contributed by atoms with Crippen LogP contribution in [-0.2, 0) is 4.79 Å². The third-order valence-corrected chi connectivity index (χ3v) is 0.680. The van der Waals surface area contributed by atoms with Gasteiger partial charge in [-0.3, -0.25) is 4.79 Å². The summed E-state index contributed by atoms with van der Waals surface area (Å²) in [5.41, 5.74) is 1.78. The first-order valence-corrected chi connectivity index (χ1v) is 3.72. The van der Waals surface area contributed by atoms with Crippen molar-refractivity contribution < 1.29 is 4.79 Å². The van der Waals surface area contributed by atoms with Gasteiger partial charge in [0.15, 0.2) is 0 Å². The van der Waals surface area contributed by atoms with Crippen LogP contribution in [0, 0.1) is 10.8 Å². The lowest BCUT2D eigenvalue weighted by Gasteiger charge is -1.96. The lowest BCUT2D eigenvalue weighted by atomic mass is 10.2. The molecule has 0 fully saturated rings. The maximum Gasteiger partial charge on any atom is 0.245 e. The number of rotatable bonds is 2. The first-order valence-electron chi connectivity index (χ1n) is 3.72. The summed E-state index contributed by atoms with van der Waals surface area (Å²) >= 11 is 0. The summed E-state index contributed by atoms with van der Waals surface area (Å²) in [6.45, 7) is 7.61. The van der Waals surface area contributed by atoms with Crippen LogP contribution in [0.3, 0.4) is 0 Å². The molecule has 0 atom stereocenters. The van der Waals surface area contributed by atoms with Gasteiger partial charge in [0.25, 0.3) is 0 Å². The minimum atomic E-state index is -0.347. The van der Waals surface area contributed by atoms with Crippen molar-refractivity contribution in [2.45, 2.75) is 34.1 Å². The van der Waals surface area contributed by atoms with Gasteiger partial charge >= 0.3 is 0 Å². The van der Waals surface area contributed by atoms with Crippen molar-refractivity contribution in [3.05, 3.63) is 4.91 Å². The first kappa shape index (κ1) is 12.7. The Hall–Kier alpha value is -0.930. The summed E-state index contributed by atoms with van der Waals surface area (Å²) in [7, 11) is 0. The minimum absolute atomic E-state index is 0.173. The maximum atomic E-state index is 10.3. The molecule has 0 rings (SSSR count). The van der Waals surface area contributed by atoms with Crippen LogP contribution in [0.2, 0.25) is 0 Å². The fraction of sp³-hybridized carbons (Fsp3) is 0.857. The number of hydrogen-bond donors (Lipinski definition) is 1. The number of amides is 1. The zero-order chi connectivity index (χ0) is 9.28. The molecule has 0 saturated carbocycles. The van der Waals surface area contributed by atoms with Crippen LogP contribution in [0.1, 0.15) is 34.1 Å². The second-order valence-electron chi connectivity index (χ2n) is 2.43. The third kappa shape index (κ3) is 12.3. The molecule has 0 bridgehead atoms. The van der Waals surface area contributed by atoms with Crippen molar-refractivity contribution in [1.82, 2.24) is 5.43 Å². The van der Waals surface area contributed by atoms with Crippen LogP contribution in [0.25, 0.3) is 0 Å². The predicted molar refractivity (Wildman–Crippen MR) is 44.7 cm³/mol. The van der Waals surface area contributed by atoms with Crippen LogP contribution in [-0.4, -0.2) is 5.91 Å². The van der Waals surface area contributed by atoms with Gasteiger partial charge in [0.05, 0.1) is 5.29 Å². The predicted octanol–water partition coefficient (Wildman–Crippen LogP) is 1.86. The van der Waals surface area contributed by atoms with Gasteiger partial charge in [0, 0.05) is 5.92 Å². The Morgan fingerprint density at radius 1 is 1.45 bits per heavy atom. The zero-order valence-corrected chi connectivity index (χ0v) is 7.55. The first-order chi connectivity index (χ1) is 5.09. The highest BCUT2D eigenvalue weighted by molar-refractivity contribution is 5.77. The number of nitrogens with zero attached hydrogens (tertiary/aromatic N) is 1. The molecule has 4 heteroatoms. The van der Waals surface area contributed by atoms with E-state index in [2.05, 4.69) is 19.1 Å². The highest BCUT2D eigenvalue weighted by atomic mass is 16.3. The molecule has 0 aromatic rings. The quantitative estimate of drug-likeness (QED) is 0.495. The smallest absolute Gasteiger partial charge is 0.245 e. The Morgan fingerprint density at radius 3 is 1.91 bits per heavy atom. The highest BCUT2D eigenvalue weighted by Crippen LogP contribution is 1.88. The topological polar surface area (TPSA) is 58.5 Å². The molecule has 0 aromatic carbocycles. The summed E-state index contributed by atoms with van der Waals surface area (Å²) in [4.78, 5) is 19.7. The Balaban J connectivity index is 0. The molecule has 66 valence electrons. The molecule has 1 N–H and O–H groups in total. The van der Waals surface area contributed by atoms with E-state index < -0.39 is 0 Å². The van der Waals surface area contributed by atoms with Gasteiger partial charge in [0.1, 0.15) is 0 Å². The number of nitroso groups, excluding NO2 is 1. The normalized spacial score (nSPS) is 8.09. The Bertz CT molecular complexity index is 113. The average Bonchev–Trinajstić information content (AvgIpc) is 1.90. The van der Waals surface area contributed by atoms with E-state index in [4.69, 9.17) is 0 Å². The second kappa shape index (κ2) is 9.07. The molecule has 0 aliphatic carbocycles. The van der Waals surface area contributed by atoms with E-state index in [0.717, 1.165) is 0 Å². The molecule has 0 aliphatic heterocycles. The van der Waals surface area contributed by atoms with Gasteiger partial charge in [-0.15, -0.1) is 4.91 Å². The number of hydrogen-bond acceptors (Lipinski definition) is 3. The van der Waals surface area contributed by atoms with E-state index >= 15 is 0 Å². The van der Waals surface area contributed by atoms with Gasteiger partial charge in [-0.05, 0) is 0 Å². The van der Waals surface area contributed by atoms with Crippen LogP contribution in [0.4, 0.5) is 0 Å². The van der Waals surface area contributed by atoms with Gasteiger partial charge in [-0.2, -0.15) is 0 Å². The Labute approximate surface area is 67.3 Å². The molecule has 0 unspecified atom stereocenters. The molecular formula is C7H16N2O2. The molecule has 4 nitrogen and oxygen atoms in total. The average molecular weight is 160 g/mol. The maximum absolute atomic E-state index is 10.3. The van der Waals surface area contributed by atoms with Crippen LogP contribution in [0.5, 0.6) is 0 Å². The minimum Gasteiger partial charge on any atom is -0.273 e. The molecule has 0 aliphatic rings. The fourth-order valence-electron chi connectivity index (χ4n) is 0.174. The van der Waals surface area contributed by atoms with Gasteiger partial charge < -0.3 is 0 Å². The second-order valence-corrected chi connectivity index (χ2v) is 2.43. The van der Waals surface area contributed by atoms with Crippen molar-refractivity contribution in [2.75, 3.05) is 0 Å². The SMILES string of the molecule is CC(C)C(=O)NN=O.CCC.